The van der Waals surface area contributed by atoms with Gasteiger partial charge < -0.3 is 4.57 Å². The molecule has 0 aliphatic carbocycles. The molecule has 152 valence electrons. The predicted octanol–water partition coefficient (Wildman–Crippen LogP) is 4.02. The summed E-state index contributed by atoms with van der Waals surface area (Å²) in [5, 5.41) is 0. The topological polar surface area (TPSA) is 69.0 Å². The number of rotatable bonds is 6. The lowest BCUT2D eigenvalue weighted by Crippen LogP contribution is -2.30. The summed E-state index contributed by atoms with van der Waals surface area (Å²) in [6.45, 7) is 2.37. The third-order valence-electron chi connectivity index (χ3n) is 5.21. The fourth-order valence-electron chi connectivity index (χ4n) is 3.71. The van der Waals surface area contributed by atoms with Gasteiger partial charge in [-0.1, -0.05) is 60.7 Å². The maximum absolute atomic E-state index is 13.4. The summed E-state index contributed by atoms with van der Waals surface area (Å²) in [6.07, 6.45) is 0. The molecule has 6 heteroatoms. The van der Waals surface area contributed by atoms with E-state index in [1.54, 1.807) is 34.9 Å². The number of fused-ring (bicyclic) bond motifs is 1. The quantitative estimate of drug-likeness (QED) is 0.474. The number of sulfone groups is 1. The highest BCUT2D eigenvalue weighted by atomic mass is 32.2. The Morgan fingerprint density at radius 1 is 0.867 bits per heavy atom. The van der Waals surface area contributed by atoms with Crippen molar-refractivity contribution in [1.29, 1.82) is 0 Å². The average Bonchev–Trinajstić information content (AvgIpc) is 2.78. The average molecular weight is 419 g/mol. The van der Waals surface area contributed by atoms with E-state index in [9.17, 15) is 13.2 Å². The summed E-state index contributed by atoms with van der Waals surface area (Å²) in [4.78, 5) is 18.2. The van der Waals surface area contributed by atoms with Gasteiger partial charge in [0, 0.05) is 12.5 Å². The van der Waals surface area contributed by atoms with Crippen LogP contribution in [-0.4, -0.2) is 23.7 Å². The molecule has 1 aromatic heterocycles. The summed E-state index contributed by atoms with van der Waals surface area (Å²) >= 11 is 0. The van der Waals surface area contributed by atoms with E-state index in [1.807, 2.05) is 61.5 Å². The molecular formula is C24H22N2O3S. The van der Waals surface area contributed by atoms with Gasteiger partial charge in [0.15, 0.2) is 9.84 Å². The summed E-state index contributed by atoms with van der Waals surface area (Å²) in [7, 11) is -3.63. The van der Waals surface area contributed by atoms with Gasteiger partial charge in [0.2, 0.25) is 0 Å². The standard InChI is InChI=1S/C24H22N2O3S/c1-2-26-22-16-10-9-15-21(22)25-23(24(26)27)20(18-11-5-3-6-12-18)17-30(28,29)19-13-7-4-8-14-19/h3-16,20H,2,17H2,1H3. The molecule has 0 radical (unpaired) electrons. The van der Waals surface area contributed by atoms with Crippen molar-refractivity contribution in [3.05, 3.63) is 107 Å². The summed E-state index contributed by atoms with van der Waals surface area (Å²) in [5.74, 6) is -0.906. The highest BCUT2D eigenvalue weighted by molar-refractivity contribution is 7.91. The second-order valence-electron chi connectivity index (χ2n) is 7.09. The summed E-state index contributed by atoms with van der Waals surface area (Å²) in [6, 6.07) is 25.0. The molecule has 0 aliphatic rings. The molecule has 1 heterocycles. The molecule has 0 saturated carbocycles. The van der Waals surface area contributed by atoms with Crippen LogP contribution >= 0.6 is 0 Å². The number of hydrogen-bond donors (Lipinski definition) is 0. The first-order valence-corrected chi connectivity index (χ1v) is 11.5. The lowest BCUT2D eigenvalue weighted by atomic mass is 9.97. The zero-order chi connectivity index (χ0) is 21.1. The van der Waals surface area contributed by atoms with Crippen molar-refractivity contribution in [2.24, 2.45) is 0 Å². The van der Waals surface area contributed by atoms with Crippen LogP contribution in [-0.2, 0) is 16.4 Å². The monoisotopic (exact) mass is 418 g/mol. The summed E-state index contributed by atoms with van der Waals surface area (Å²) < 4.78 is 28.0. The van der Waals surface area contributed by atoms with E-state index < -0.39 is 15.8 Å². The van der Waals surface area contributed by atoms with Gasteiger partial charge in [-0.15, -0.1) is 0 Å². The Kier molecular flexibility index (Phi) is 5.50. The van der Waals surface area contributed by atoms with E-state index in [0.29, 0.717) is 12.1 Å². The smallest absolute Gasteiger partial charge is 0.273 e. The van der Waals surface area contributed by atoms with Gasteiger partial charge in [-0.05, 0) is 36.8 Å². The number of benzene rings is 3. The van der Waals surface area contributed by atoms with Crippen molar-refractivity contribution >= 4 is 20.9 Å². The van der Waals surface area contributed by atoms with Crippen molar-refractivity contribution in [3.8, 4) is 0 Å². The second-order valence-corrected chi connectivity index (χ2v) is 9.13. The van der Waals surface area contributed by atoms with E-state index in [4.69, 9.17) is 0 Å². The molecule has 0 bridgehead atoms. The van der Waals surface area contributed by atoms with E-state index in [1.165, 1.54) is 0 Å². The van der Waals surface area contributed by atoms with E-state index in [-0.39, 0.29) is 21.9 Å². The van der Waals surface area contributed by atoms with Crippen molar-refractivity contribution in [2.45, 2.75) is 24.3 Å². The molecule has 0 saturated heterocycles. The fraction of sp³-hybridized carbons (Fsp3) is 0.167. The number of para-hydroxylation sites is 2. The van der Waals surface area contributed by atoms with E-state index >= 15 is 0 Å². The van der Waals surface area contributed by atoms with Crippen molar-refractivity contribution in [1.82, 2.24) is 9.55 Å². The van der Waals surface area contributed by atoms with Crippen molar-refractivity contribution in [2.75, 3.05) is 5.75 Å². The van der Waals surface area contributed by atoms with Gasteiger partial charge in [0.25, 0.3) is 5.56 Å². The van der Waals surface area contributed by atoms with E-state index in [2.05, 4.69) is 4.98 Å². The highest BCUT2D eigenvalue weighted by Crippen LogP contribution is 2.27. The van der Waals surface area contributed by atoms with Crippen LogP contribution in [0.4, 0.5) is 0 Å². The lowest BCUT2D eigenvalue weighted by Gasteiger charge is -2.19. The zero-order valence-corrected chi connectivity index (χ0v) is 17.4. The van der Waals surface area contributed by atoms with Gasteiger partial charge in [-0.25, -0.2) is 13.4 Å². The number of aromatic nitrogens is 2. The van der Waals surface area contributed by atoms with Crippen LogP contribution in [0.1, 0.15) is 24.1 Å². The molecule has 0 spiro atoms. The Labute approximate surface area is 175 Å². The van der Waals surface area contributed by atoms with Crippen LogP contribution in [0.5, 0.6) is 0 Å². The van der Waals surface area contributed by atoms with Crippen molar-refractivity contribution in [3.63, 3.8) is 0 Å². The Morgan fingerprint density at radius 3 is 2.13 bits per heavy atom. The van der Waals surface area contributed by atoms with Gasteiger partial charge in [-0.3, -0.25) is 4.79 Å². The fourth-order valence-corrected chi connectivity index (χ4v) is 5.27. The first-order valence-electron chi connectivity index (χ1n) is 9.83. The van der Waals surface area contributed by atoms with Crippen molar-refractivity contribution < 1.29 is 8.42 Å². The first kappa shape index (κ1) is 20.0. The van der Waals surface area contributed by atoms with Gasteiger partial charge in [0.05, 0.1) is 21.7 Å². The third-order valence-corrected chi connectivity index (χ3v) is 6.98. The van der Waals surface area contributed by atoms with Crippen LogP contribution in [0, 0.1) is 0 Å². The molecule has 0 N–H and O–H groups in total. The second kappa shape index (κ2) is 8.24. The zero-order valence-electron chi connectivity index (χ0n) is 16.6. The Bertz CT molecular complexity index is 1330. The molecular weight excluding hydrogens is 396 g/mol. The number of nitrogens with zero attached hydrogens (tertiary/aromatic N) is 2. The number of aryl methyl sites for hydroxylation is 1. The maximum Gasteiger partial charge on any atom is 0.273 e. The molecule has 0 aliphatic heterocycles. The Balaban J connectivity index is 1.92. The van der Waals surface area contributed by atoms with Gasteiger partial charge >= 0.3 is 0 Å². The predicted molar refractivity (Wildman–Crippen MR) is 118 cm³/mol. The van der Waals surface area contributed by atoms with Crippen LogP contribution in [0.2, 0.25) is 0 Å². The van der Waals surface area contributed by atoms with Gasteiger partial charge in [-0.2, -0.15) is 0 Å². The summed E-state index contributed by atoms with van der Waals surface area (Å²) in [5.41, 5.74) is 2.16. The van der Waals surface area contributed by atoms with Gasteiger partial charge in [0.1, 0.15) is 5.69 Å². The molecule has 30 heavy (non-hydrogen) atoms. The minimum absolute atomic E-state index is 0.231. The SMILES string of the molecule is CCn1c(=O)c(C(CS(=O)(=O)c2ccccc2)c2ccccc2)nc2ccccc21. The normalized spacial score (nSPS) is 12.7. The van der Waals surface area contributed by atoms with Crippen LogP contribution in [0.3, 0.4) is 0 Å². The molecule has 3 aromatic carbocycles. The minimum atomic E-state index is -3.63. The molecule has 0 amide bonds. The molecule has 4 rings (SSSR count). The molecule has 5 nitrogen and oxygen atoms in total. The highest BCUT2D eigenvalue weighted by Gasteiger charge is 2.28. The number of hydrogen-bond acceptors (Lipinski definition) is 4. The Hall–Kier alpha value is -3.25. The van der Waals surface area contributed by atoms with Crippen LogP contribution in [0.25, 0.3) is 11.0 Å². The lowest BCUT2D eigenvalue weighted by molar-refractivity contribution is 0.590. The molecule has 4 aromatic rings. The largest absolute Gasteiger partial charge is 0.305 e. The molecule has 1 atom stereocenters. The first-order chi connectivity index (χ1) is 14.5. The maximum atomic E-state index is 13.4. The Morgan fingerprint density at radius 2 is 1.47 bits per heavy atom. The minimum Gasteiger partial charge on any atom is -0.305 e. The molecule has 1 unspecified atom stereocenters. The van der Waals surface area contributed by atoms with Crippen LogP contribution in [0.15, 0.2) is 94.6 Å². The molecule has 0 fully saturated rings. The van der Waals surface area contributed by atoms with Crippen LogP contribution < -0.4 is 5.56 Å². The third kappa shape index (κ3) is 3.78. The van der Waals surface area contributed by atoms with E-state index in [0.717, 1.165) is 11.1 Å².